The second-order valence-electron chi connectivity index (χ2n) is 3.25. The van der Waals surface area contributed by atoms with Crippen molar-refractivity contribution in [1.29, 1.82) is 0 Å². The molecule has 1 radical (unpaired) electrons. The van der Waals surface area contributed by atoms with Crippen molar-refractivity contribution in [2.24, 2.45) is 0 Å². The van der Waals surface area contributed by atoms with E-state index in [-0.39, 0.29) is 0 Å². The first-order valence-corrected chi connectivity index (χ1v) is 5.45. The summed E-state index contributed by atoms with van der Waals surface area (Å²) in [7, 11) is 4.15. The maximum Gasteiger partial charge on any atom is 0.207 e. The van der Waals surface area contributed by atoms with Crippen molar-refractivity contribution in [2.75, 3.05) is 20.6 Å². The van der Waals surface area contributed by atoms with Gasteiger partial charge in [-0.05, 0) is 43.9 Å². The van der Waals surface area contributed by atoms with Crippen LogP contribution in [0.3, 0.4) is 0 Å². The normalized spacial score (nSPS) is 11.5. The summed E-state index contributed by atoms with van der Waals surface area (Å²) >= 11 is 1.64. The molecule has 1 heterocycles. The van der Waals surface area contributed by atoms with E-state index < -0.39 is 0 Å². The van der Waals surface area contributed by atoms with Gasteiger partial charge in [-0.2, -0.15) is 0 Å². The summed E-state index contributed by atoms with van der Waals surface area (Å²) in [5, 5.41) is 15.8. The highest BCUT2D eigenvalue weighted by molar-refractivity contribution is 8.01. The van der Waals surface area contributed by atoms with E-state index in [2.05, 4.69) is 46.5 Å². The largest absolute Gasteiger partial charge is 0.309 e. The Labute approximate surface area is 88.6 Å². The van der Waals surface area contributed by atoms with Crippen LogP contribution in [0, 0.1) is 5.25 Å². The molecule has 14 heavy (non-hydrogen) atoms. The van der Waals surface area contributed by atoms with E-state index in [0.717, 1.165) is 24.5 Å². The third-order valence-corrected chi connectivity index (χ3v) is 2.95. The Bertz CT molecular complexity index is 236. The number of tetrazole rings is 1. The lowest BCUT2D eigenvalue weighted by atomic mass is 10.2. The predicted octanol–water partition coefficient (Wildman–Crippen LogP) is 1.19. The molecule has 0 aromatic carbocycles. The SMILES string of the molecule is CC[C](CCN(C)C)Sc1nnn[nH]1. The Kier molecular flexibility index (Phi) is 4.89. The van der Waals surface area contributed by atoms with Crippen LogP contribution in [0.1, 0.15) is 19.8 Å². The summed E-state index contributed by atoms with van der Waals surface area (Å²) in [6, 6.07) is 0. The lowest BCUT2D eigenvalue weighted by Gasteiger charge is -2.14. The Morgan fingerprint density at radius 3 is 2.79 bits per heavy atom. The summed E-state index contributed by atoms with van der Waals surface area (Å²) in [6.45, 7) is 3.22. The Balaban J connectivity index is 2.32. The van der Waals surface area contributed by atoms with Gasteiger partial charge >= 0.3 is 0 Å². The molecule has 79 valence electrons. The number of hydrogen-bond acceptors (Lipinski definition) is 5. The van der Waals surface area contributed by atoms with E-state index in [0.29, 0.717) is 0 Å². The van der Waals surface area contributed by atoms with Gasteiger partial charge in [-0.25, -0.2) is 5.10 Å². The molecule has 6 heteroatoms. The maximum absolute atomic E-state index is 3.84. The molecule has 0 amide bonds. The molecule has 0 aliphatic heterocycles. The zero-order valence-electron chi connectivity index (χ0n) is 8.82. The third-order valence-electron chi connectivity index (χ3n) is 1.80. The topological polar surface area (TPSA) is 57.7 Å². The fourth-order valence-corrected chi connectivity index (χ4v) is 1.75. The fraction of sp³-hybridized carbons (Fsp3) is 0.750. The first kappa shape index (κ1) is 11.5. The molecule has 1 aromatic heterocycles. The minimum absolute atomic E-state index is 0.778. The molecule has 1 aromatic rings. The van der Waals surface area contributed by atoms with Gasteiger partial charge < -0.3 is 4.90 Å². The molecule has 1 N–H and O–H groups in total. The average Bonchev–Trinajstić information content (AvgIpc) is 2.64. The van der Waals surface area contributed by atoms with Crippen LogP contribution in [0.5, 0.6) is 0 Å². The van der Waals surface area contributed by atoms with Crippen molar-refractivity contribution in [3.05, 3.63) is 5.25 Å². The highest BCUT2D eigenvalue weighted by Crippen LogP contribution is 2.30. The summed E-state index contributed by atoms with van der Waals surface area (Å²) in [4.78, 5) is 2.18. The van der Waals surface area contributed by atoms with Crippen LogP contribution in [0.25, 0.3) is 0 Å². The molecule has 0 aliphatic rings. The van der Waals surface area contributed by atoms with E-state index in [1.54, 1.807) is 11.8 Å². The zero-order chi connectivity index (χ0) is 10.4. The van der Waals surface area contributed by atoms with Crippen LogP contribution in [0.15, 0.2) is 5.16 Å². The van der Waals surface area contributed by atoms with Crippen molar-refractivity contribution in [3.63, 3.8) is 0 Å². The van der Waals surface area contributed by atoms with Crippen molar-refractivity contribution in [2.45, 2.75) is 24.9 Å². The van der Waals surface area contributed by atoms with Gasteiger partial charge in [0, 0.05) is 5.25 Å². The summed E-state index contributed by atoms with van der Waals surface area (Å²) in [5.41, 5.74) is 0. The monoisotopic (exact) mass is 214 g/mol. The summed E-state index contributed by atoms with van der Waals surface area (Å²) in [5.74, 6) is 0. The standard InChI is InChI=1S/C8H16N5S/c1-4-7(5-6-13(2)3)14-8-9-11-12-10-8/h4-6H2,1-3H3,(H,9,10,11,12). The molecule has 0 fully saturated rings. The van der Waals surface area contributed by atoms with Gasteiger partial charge in [0.25, 0.3) is 0 Å². The lowest BCUT2D eigenvalue weighted by Crippen LogP contribution is -2.14. The van der Waals surface area contributed by atoms with Gasteiger partial charge in [0.15, 0.2) is 0 Å². The molecule has 0 saturated carbocycles. The van der Waals surface area contributed by atoms with E-state index >= 15 is 0 Å². The van der Waals surface area contributed by atoms with Crippen LogP contribution in [-0.4, -0.2) is 46.2 Å². The van der Waals surface area contributed by atoms with E-state index in [9.17, 15) is 0 Å². The summed E-state index contributed by atoms with van der Waals surface area (Å²) < 4.78 is 0. The minimum atomic E-state index is 0.778. The van der Waals surface area contributed by atoms with Crippen molar-refractivity contribution >= 4 is 11.8 Å². The smallest absolute Gasteiger partial charge is 0.207 e. The number of thioether (sulfide) groups is 1. The van der Waals surface area contributed by atoms with E-state index in [1.165, 1.54) is 5.25 Å². The third kappa shape index (κ3) is 4.06. The number of rotatable bonds is 6. The van der Waals surface area contributed by atoms with Gasteiger partial charge in [0.1, 0.15) is 0 Å². The molecule has 0 bridgehead atoms. The molecule has 0 aliphatic carbocycles. The molecule has 0 unspecified atom stereocenters. The number of nitrogens with zero attached hydrogens (tertiary/aromatic N) is 4. The Hall–Kier alpha value is -0.620. The second kappa shape index (κ2) is 5.98. The number of hydrogen-bond donors (Lipinski definition) is 1. The molecule has 0 atom stereocenters. The first-order valence-electron chi connectivity index (χ1n) is 4.63. The maximum atomic E-state index is 3.84. The van der Waals surface area contributed by atoms with E-state index in [1.807, 2.05) is 0 Å². The number of aromatic amines is 1. The first-order chi connectivity index (χ1) is 6.72. The highest BCUT2D eigenvalue weighted by atomic mass is 32.2. The molecule has 1 rings (SSSR count). The number of H-pyrrole nitrogens is 1. The van der Waals surface area contributed by atoms with Crippen LogP contribution >= 0.6 is 11.8 Å². The van der Waals surface area contributed by atoms with E-state index in [4.69, 9.17) is 0 Å². The van der Waals surface area contributed by atoms with Gasteiger partial charge in [-0.3, -0.25) is 0 Å². The second-order valence-corrected chi connectivity index (χ2v) is 4.42. The quantitative estimate of drug-likeness (QED) is 0.721. The molecular formula is C8H16N5S. The average molecular weight is 214 g/mol. The predicted molar refractivity (Wildman–Crippen MR) is 56.7 cm³/mol. The number of nitrogens with one attached hydrogen (secondary N) is 1. The Morgan fingerprint density at radius 1 is 1.50 bits per heavy atom. The molecular weight excluding hydrogens is 198 g/mol. The fourth-order valence-electron chi connectivity index (χ4n) is 0.979. The zero-order valence-corrected chi connectivity index (χ0v) is 9.63. The van der Waals surface area contributed by atoms with Gasteiger partial charge in [-0.1, -0.05) is 18.7 Å². The lowest BCUT2D eigenvalue weighted by molar-refractivity contribution is 0.408. The van der Waals surface area contributed by atoms with Crippen LogP contribution in [0.2, 0.25) is 0 Å². The van der Waals surface area contributed by atoms with Crippen LogP contribution < -0.4 is 0 Å². The van der Waals surface area contributed by atoms with Crippen molar-refractivity contribution < 1.29 is 0 Å². The summed E-state index contributed by atoms with van der Waals surface area (Å²) in [6.07, 6.45) is 2.13. The van der Waals surface area contributed by atoms with Gasteiger partial charge in [-0.15, -0.1) is 5.10 Å². The van der Waals surface area contributed by atoms with Crippen LogP contribution in [-0.2, 0) is 0 Å². The minimum Gasteiger partial charge on any atom is -0.309 e. The molecule has 5 nitrogen and oxygen atoms in total. The van der Waals surface area contributed by atoms with Gasteiger partial charge in [0.05, 0.1) is 0 Å². The molecule has 0 saturated heterocycles. The molecule has 0 spiro atoms. The van der Waals surface area contributed by atoms with Crippen LogP contribution in [0.4, 0.5) is 0 Å². The highest BCUT2D eigenvalue weighted by Gasteiger charge is 2.11. The van der Waals surface area contributed by atoms with Crippen molar-refractivity contribution in [3.8, 4) is 0 Å². The van der Waals surface area contributed by atoms with Crippen molar-refractivity contribution in [1.82, 2.24) is 25.5 Å². The van der Waals surface area contributed by atoms with Gasteiger partial charge in [0.2, 0.25) is 5.16 Å². The number of aromatic nitrogens is 4. The Morgan fingerprint density at radius 2 is 2.29 bits per heavy atom.